The van der Waals surface area contributed by atoms with Gasteiger partial charge in [-0.05, 0) is 51.4 Å². The number of nitrogens with zero attached hydrogens (tertiary/aromatic N) is 4. The highest BCUT2D eigenvalue weighted by Crippen LogP contribution is 2.26. The molecule has 1 atom stereocenters. The molecule has 3 rings (SSSR count). The van der Waals surface area contributed by atoms with Crippen molar-refractivity contribution >= 4 is 0 Å². The summed E-state index contributed by atoms with van der Waals surface area (Å²) in [6, 6.07) is 20.4. The van der Waals surface area contributed by atoms with Crippen molar-refractivity contribution in [3.8, 4) is 5.69 Å². The van der Waals surface area contributed by atoms with Crippen molar-refractivity contribution in [2.24, 2.45) is 0 Å². The lowest BCUT2D eigenvalue weighted by Gasteiger charge is -2.26. The average molecular weight is 364 g/mol. The van der Waals surface area contributed by atoms with Crippen molar-refractivity contribution in [3.63, 3.8) is 0 Å². The maximum absolute atomic E-state index is 11.1. The molecule has 1 heterocycles. The third kappa shape index (κ3) is 4.81. The molecule has 2 aromatic carbocycles. The molecule has 0 aliphatic heterocycles. The monoisotopic (exact) mass is 364 g/mol. The summed E-state index contributed by atoms with van der Waals surface area (Å²) in [6.07, 6.45) is 1.59. The zero-order valence-corrected chi connectivity index (χ0v) is 16.3. The summed E-state index contributed by atoms with van der Waals surface area (Å²) in [5, 5.41) is 19.6. The third-order valence-electron chi connectivity index (χ3n) is 4.93. The molecule has 0 saturated heterocycles. The minimum Gasteiger partial charge on any atom is -0.382 e. The molecule has 0 amide bonds. The van der Waals surface area contributed by atoms with Gasteiger partial charge in [0.15, 0.2) is 5.82 Å². The Kier molecular flexibility index (Phi) is 6.04. The van der Waals surface area contributed by atoms with Crippen LogP contribution < -0.4 is 0 Å². The summed E-state index contributed by atoms with van der Waals surface area (Å²) < 4.78 is 1.93. The lowest BCUT2D eigenvalue weighted by Crippen LogP contribution is -2.32. The molecular formula is C22H28N4O. The summed E-state index contributed by atoms with van der Waals surface area (Å²) in [5.74, 6) is 1.36. The van der Waals surface area contributed by atoms with E-state index in [1.165, 1.54) is 5.56 Å². The van der Waals surface area contributed by atoms with Crippen LogP contribution in [-0.2, 0) is 12.0 Å². The molecule has 0 aliphatic carbocycles. The molecule has 5 nitrogen and oxygen atoms in total. The van der Waals surface area contributed by atoms with E-state index in [1.807, 2.05) is 54.8 Å². The lowest BCUT2D eigenvalue weighted by molar-refractivity contribution is 0.0280. The van der Waals surface area contributed by atoms with E-state index >= 15 is 0 Å². The van der Waals surface area contributed by atoms with E-state index in [4.69, 9.17) is 0 Å². The Morgan fingerprint density at radius 2 is 1.59 bits per heavy atom. The van der Waals surface area contributed by atoms with Gasteiger partial charge in [0.2, 0.25) is 0 Å². The predicted molar refractivity (Wildman–Crippen MR) is 108 cm³/mol. The largest absolute Gasteiger partial charge is 0.382 e. The second-order valence-electron chi connectivity index (χ2n) is 7.30. The number of aryl methyl sites for hydroxylation is 1. The normalized spacial score (nSPS) is 13.7. The summed E-state index contributed by atoms with van der Waals surface area (Å²) >= 11 is 0. The molecule has 27 heavy (non-hydrogen) atoms. The smallest absolute Gasteiger partial charge is 0.169 e. The highest BCUT2D eigenvalue weighted by Gasteiger charge is 2.30. The van der Waals surface area contributed by atoms with Crippen molar-refractivity contribution in [2.75, 3.05) is 20.1 Å². The predicted octanol–water partition coefficient (Wildman–Crippen LogP) is 3.35. The van der Waals surface area contributed by atoms with Crippen LogP contribution >= 0.6 is 0 Å². The van der Waals surface area contributed by atoms with Crippen LogP contribution in [0.3, 0.4) is 0 Å². The Labute approximate surface area is 161 Å². The van der Waals surface area contributed by atoms with Gasteiger partial charge >= 0.3 is 0 Å². The molecule has 0 radical (unpaired) electrons. The Bertz CT molecular complexity index is 843. The highest BCUT2D eigenvalue weighted by atomic mass is 16.3. The van der Waals surface area contributed by atoms with Crippen LogP contribution in [0.25, 0.3) is 5.69 Å². The summed E-state index contributed by atoms with van der Waals surface area (Å²) in [6.45, 7) is 5.46. The van der Waals surface area contributed by atoms with Gasteiger partial charge in [-0.3, -0.25) is 4.57 Å². The maximum atomic E-state index is 11.1. The Hall–Kier alpha value is -2.50. The van der Waals surface area contributed by atoms with Crippen LogP contribution in [0.1, 0.15) is 30.6 Å². The molecule has 142 valence electrons. The van der Waals surface area contributed by atoms with Crippen LogP contribution in [0.15, 0.2) is 60.7 Å². The SMILES string of the molecule is Cc1nnc(C(C)(O)CCN(C)CCc2ccccc2)n1-c1ccccc1. The van der Waals surface area contributed by atoms with Crippen LogP contribution in [0.2, 0.25) is 0 Å². The van der Waals surface area contributed by atoms with Crippen molar-refractivity contribution < 1.29 is 5.11 Å². The topological polar surface area (TPSA) is 54.2 Å². The van der Waals surface area contributed by atoms with Crippen molar-refractivity contribution in [3.05, 3.63) is 77.9 Å². The van der Waals surface area contributed by atoms with E-state index in [0.717, 1.165) is 31.0 Å². The Morgan fingerprint density at radius 3 is 2.26 bits per heavy atom. The van der Waals surface area contributed by atoms with E-state index in [1.54, 1.807) is 0 Å². The molecule has 0 spiro atoms. The first-order valence-corrected chi connectivity index (χ1v) is 9.40. The van der Waals surface area contributed by atoms with Crippen LogP contribution in [0.5, 0.6) is 0 Å². The van der Waals surface area contributed by atoms with E-state index in [0.29, 0.717) is 12.2 Å². The third-order valence-corrected chi connectivity index (χ3v) is 4.93. The molecule has 1 N–H and O–H groups in total. The van der Waals surface area contributed by atoms with E-state index < -0.39 is 5.60 Å². The minimum atomic E-state index is -1.06. The summed E-state index contributed by atoms with van der Waals surface area (Å²) in [7, 11) is 2.09. The number of benzene rings is 2. The molecule has 3 aromatic rings. The van der Waals surface area contributed by atoms with E-state index in [9.17, 15) is 5.11 Å². The second-order valence-corrected chi connectivity index (χ2v) is 7.30. The van der Waals surface area contributed by atoms with Crippen molar-refractivity contribution in [2.45, 2.75) is 32.3 Å². The van der Waals surface area contributed by atoms with Gasteiger partial charge in [-0.2, -0.15) is 0 Å². The van der Waals surface area contributed by atoms with E-state index in [2.05, 4.69) is 46.4 Å². The fourth-order valence-electron chi connectivity index (χ4n) is 3.19. The van der Waals surface area contributed by atoms with Gasteiger partial charge in [0.05, 0.1) is 0 Å². The quantitative estimate of drug-likeness (QED) is 0.666. The molecule has 1 aromatic heterocycles. The van der Waals surface area contributed by atoms with Gasteiger partial charge in [-0.1, -0.05) is 48.5 Å². The van der Waals surface area contributed by atoms with E-state index in [-0.39, 0.29) is 0 Å². The fraction of sp³-hybridized carbons (Fsp3) is 0.364. The van der Waals surface area contributed by atoms with Gasteiger partial charge in [0.25, 0.3) is 0 Å². The number of likely N-dealkylation sites (N-methyl/N-ethyl adjacent to an activating group) is 1. The molecule has 1 unspecified atom stereocenters. The zero-order chi connectivity index (χ0) is 19.3. The van der Waals surface area contributed by atoms with Crippen LogP contribution in [0.4, 0.5) is 0 Å². The molecule has 0 fully saturated rings. The van der Waals surface area contributed by atoms with Crippen LogP contribution in [0, 0.1) is 6.92 Å². The summed E-state index contributed by atoms with van der Waals surface area (Å²) in [5.41, 5.74) is 1.24. The van der Waals surface area contributed by atoms with Gasteiger partial charge in [0.1, 0.15) is 11.4 Å². The van der Waals surface area contributed by atoms with Crippen molar-refractivity contribution in [1.82, 2.24) is 19.7 Å². The number of aliphatic hydroxyl groups is 1. The minimum absolute atomic E-state index is 0.586. The first kappa shape index (κ1) is 19.3. The van der Waals surface area contributed by atoms with Gasteiger partial charge in [-0.25, -0.2) is 0 Å². The standard InChI is InChI=1S/C22H28N4O/c1-18-23-24-21(26(18)20-12-8-5-9-13-20)22(2,27)15-17-25(3)16-14-19-10-6-4-7-11-19/h4-13,27H,14-17H2,1-3H3. The summed E-state index contributed by atoms with van der Waals surface area (Å²) in [4.78, 5) is 2.25. The molecule has 0 bridgehead atoms. The average Bonchev–Trinajstić information content (AvgIpc) is 3.09. The first-order valence-electron chi connectivity index (χ1n) is 9.40. The highest BCUT2D eigenvalue weighted by molar-refractivity contribution is 5.34. The Morgan fingerprint density at radius 1 is 0.963 bits per heavy atom. The number of rotatable bonds is 8. The zero-order valence-electron chi connectivity index (χ0n) is 16.3. The number of hydrogen-bond acceptors (Lipinski definition) is 4. The molecule has 5 heteroatoms. The first-order chi connectivity index (χ1) is 13.0. The second kappa shape index (κ2) is 8.46. The van der Waals surface area contributed by atoms with Gasteiger partial charge in [-0.15, -0.1) is 10.2 Å². The van der Waals surface area contributed by atoms with Gasteiger partial charge in [0, 0.05) is 18.8 Å². The Balaban J connectivity index is 1.65. The van der Waals surface area contributed by atoms with Crippen molar-refractivity contribution in [1.29, 1.82) is 0 Å². The number of aromatic nitrogens is 3. The lowest BCUT2D eigenvalue weighted by atomic mass is 10.0. The molecule has 0 saturated carbocycles. The number of para-hydroxylation sites is 1. The molecular weight excluding hydrogens is 336 g/mol. The van der Waals surface area contributed by atoms with Crippen LogP contribution in [-0.4, -0.2) is 44.9 Å². The fourth-order valence-corrected chi connectivity index (χ4v) is 3.19. The maximum Gasteiger partial charge on any atom is 0.169 e. The van der Waals surface area contributed by atoms with Gasteiger partial charge < -0.3 is 10.0 Å². The number of hydrogen-bond donors (Lipinski definition) is 1. The molecule has 0 aliphatic rings.